The number of nitrogens with two attached hydrogens (primary N) is 1. The van der Waals surface area contributed by atoms with Crippen LogP contribution in [-0.4, -0.2) is 5.84 Å². The van der Waals surface area contributed by atoms with Crippen LogP contribution in [0.1, 0.15) is 19.4 Å². The molecule has 0 saturated carbocycles. The van der Waals surface area contributed by atoms with Crippen molar-refractivity contribution in [3.8, 4) is 0 Å². The van der Waals surface area contributed by atoms with Gasteiger partial charge in [0.05, 0.1) is 5.02 Å². The summed E-state index contributed by atoms with van der Waals surface area (Å²) in [5.74, 6) is 0.0657. The lowest BCUT2D eigenvalue weighted by Crippen LogP contribution is -2.10. The van der Waals surface area contributed by atoms with E-state index in [9.17, 15) is 0 Å². The fourth-order valence-corrected chi connectivity index (χ4v) is 1.94. The van der Waals surface area contributed by atoms with E-state index >= 15 is 0 Å². The van der Waals surface area contributed by atoms with Crippen LogP contribution in [0.5, 0.6) is 0 Å². The molecule has 3 N–H and O–H groups in total. The molecule has 0 heterocycles. The van der Waals surface area contributed by atoms with Crippen LogP contribution in [0.15, 0.2) is 34.8 Å². The van der Waals surface area contributed by atoms with E-state index in [1.54, 1.807) is 0 Å². The van der Waals surface area contributed by atoms with Crippen molar-refractivity contribution in [2.45, 2.75) is 13.8 Å². The lowest BCUT2D eigenvalue weighted by molar-refractivity contribution is 1.43. The number of benzene rings is 2. The SMILES string of the molecule is CC.N=C(N)c1ccc2cc(Br)c(Cl)cc2c1. The summed E-state index contributed by atoms with van der Waals surface area (Å²) in [7, 11) is 0. The Kier molecular flexibility index (Phi) is 4.97. The van der Waals surface area contributed by atoms with Crippen LogP contribution in [0.3, 0.4) is 0 Å². The van der Waals surface area contributed by atoms with Crippen molar-refractivity contribution in [1.29, 1.82) is 5.41 Å². The molecular weight excluding hydrogens is 300 g/mol. The second kappa shape index (κ2) is 6.03. The minimum Gasteiger partial charge on any atom is -0.384 e. The Labute approximate surface area is 114 Å². The van der Waals surface area contributed by atoms with Gasteiger partial charge < -0.3 is 5.73 Å². The average Bonchev–Trinajstić information content (AvgIpc) is 2.32. The molecule has 0 fully saturated rings. The van der Waals surface area contributed by atoms with Crippen LogP contribution in [0.4, 0.5) is 0 Å². The van der Waals surface area contributed by atoms with Gasteiger partial charge in [-0.05, 0) is 44.9 Å². The van der Waals surface area contributed by atoms with E-state index < -0.39 is 0 Å². The first kappa shape index (κ1) is 14.0. The Morgan fingerprint density at radius 1 is 1.18 bits per heavy atom. The topological polar surface area (TPSA) is 49.9 Å². The molecule has 2 rings (SSSR count). The van der Waals surface area contributed by atoms with Crippen LogP contribution in [0, 0.1) is 5.41 Å². The molecule has 0 aromatic heterocycles. The number of nitrogens with one attached hydrogen (secondary N) is 1. The maximum absolute atomic E-state index is 7.34. The van der Waals surface area contributed by atoms with Gasteiger partial charge in [-0.15, -0.1) is 0 Å². The standard InChI is InChI=1S/C11H8BrClN2.C2H6/c12-9-4-6-1-2-7(11(14)15)3-8(6)5-10(9)13;1-2/h1-5H,(H3,14,15);1-2H3. The number of hydrogen-bond donors (Lipinski definition) is 2. The molecule has 0 aliphatic rings. The highest BCUT2D eigenvalue weighted by Gasteiger charge is 2.02. The van der Waals surface area contributed by atoms with Gasteiger partial charge >= 0.3 is 0 Å². The van der Waals surface area contributed by atoms with Gasteiger partial charge in [0, 0.05) is 10.0 Å². The summed E-state index contributed by atoms with van der Waals surface area (Å²) in [4.78, 5) is 0. The largest absolute Gasteiger partial charge is 0.384 e. The number of rotatable bonds is 1. The third-order valence-corrected chi connectivity index (χ3v) is 3.39. The normalized spacial score (nSPS) is 9.65. The maximum atomic E-state index is 7.34. The van der Waals surface area contributed by atoms with Gasteiger partial charge in [-0.25, -0.2) is 0 Å². The molecule has 4 heteroatoms. The van der Waals surface area contributed by atoms with Gasteiger partial charge in [0.25, 0.3) is 0 Å². The van der Waals surface area contributed by atoms with Gasteiger partial charge in [0.2, 0.25) is 0 Å². The molecule has 17 heavy (non-hydrogen) atoms. The number of hydrogen-bond acceptors (Lipinski definition) is 1. The van der Waals surface area contributed by atoms with Gasteiger partial charge in [-0.3, -0.25) is 5.41 Å². The molecular formula is C13H14BrClN2. The van der Waals surface area contributed by atoms with E-state index in [0.29, 0.717) is 10.6 Å². The van der Waals surface area contributed by atoms with E-state index in [4.69, 9.17) is 22.7 Å². The zero-order chi connectivity index (χ0) is 13.0. The van der Waals surface area contributed by atoms with Crippen LogP contribution in [0.25, 0.3) is 10.8 Å². The van der Waals surface area contributed by atoms with Crippen molar-refractivity contribution in [3.63, 3.8) is 0 Å². The average molecular weight is 314 g/mol. The third-order valence-electron chi connectivity index (χ3n) is 2.19. The molecule has 0 aliphatic heterocycles. The van der Waals surface area contributed by atoms with Crippen molar-refractivity contribution < 1.29 is 0 Å². The molecule has 2 aromatic rings. The molecule has 2 aromatic carbocycles. The number of fused-ring (bicyclic) bond motifs is 1. The summed E-state index contributed by atoms with van der Waals surface area (Å²) >= 11 is 9.35. The minimum absolute atomic E-state index is 0.0657. The zero-order valence-electron chi connectivity index (χ0n) is 9.72. The highest BCUT2D eigenvalue weighted by atomic mass is 79.9. The summed E-state index contributed by atoms with van der Waals surface area (Å²) < 4.78 is 0.868. The van der Waals surface area contributed by atoms with Gasteiger partial charge in [-0.2, -0.15) is 0 Å². The monoisotopic (exact) mass is 312 g/mol. The molecule has 0 atom stereocenters. The predicted octanol–water partition coefficient (Wildman–Crippen LogP) is 4.57. The molecule has 0 amide bonds. The highest BCUT2D eigenvalue weighted by Crippen LogP contribution is 2.28. The maximum Gasteiger partial charge on any atom is 0.122 e. The van der Waals surface area contributed by atoms with E-state index in [1.807, 2.05) is 44.2 Å². The first-order valence-corrected chi connectivity index (χ1v) is 6.48. The zero-order valence-corrected chi connectivity index (χ0v) is 12.1. The van der Waals surface area contributed by atoms with E-state index in [0.717, 1.165) is 15.2 Å². The quantitative estimate of drug-likeness (QED) is 0.588. The fraction of sp³-hybridized carbons (Fsp3) is 0.154. The molecule has 0 unspecified atom stereocenters. The second-order valence-electron chi connectivity index (χ2n) is 3.24. The minimum atomic E-state index is 0.0657. The summed E-state index contributed by atoms with van der Waals surface area (Å²) in [6.45, 7) is 4.00. The van der Waals surface area contributed by atoms with Crippen molar-refractivity contribution in [3.05, 3.63) is 45.4 Å². The fourth-order valence-electron chi connectivity index (χ4n) is 1.41. The van der Waals surface area contributed by atoms with E-state index in [-0.39, 0.29) is 5.84 Å². The lowest BCUT2D eigenvalue weighted by Gasteiger charge is -2.04. The van der Waals surface area contributed by atoms with E-state index in [2.05, 4.69) is 15.9 Å². The summed E-state index contributed by atoms with van der Waals surface area (Å²) in [5, 5.41) is 10.0. The number of nitrogen functional groups attached to an aromatic ring is 1. The van der Waals surface area contributed by atoms with Crippen LogP contribution in [-0.2, 0) is 0 Å². The van der Waals surface area contributed by atoms with Crippen LogP contribution < -0.4 is 5.73 Å². The first-order valence-electron chi connectivity index (χ1n) is 5.31. The summed E-state index contributed by atoms with van der Waals surface area (Å²) in [6.07, 6.45) is 0. The van der Waals surface area contributed by atoms with Crippen molar-refractivity contribution in [1.82, 2.24) is 0 Å². The van der Waals surface area contributed by atoms with Crippen molar-refractivity contribution in [2.24, 2.45) is 5.73 Å². The van der Waals surface area contributed by atoms with Gasteiger partial charge in [0.1, 0.15) is 5.84 Å². The number of halogens is 2. The molecule has 0 aliphatic carbocycles. The Hall–Kier alpha value is -1.06. The van der Waals surface area contributed by atoms with Crippen molar-refractivity contribution in [2.75, 3.05) is 0 Å². The van der Waals surface area contributed by atoms with Gasteiger partial charge in [0.15, 0.2) is 0 Å². The Bertz CT molecular complexity index is 552. The van der Waals surface area contributed by atoms with E-state index in [1.165, 1.54) is 0 Å². The Balaban J connectivity index is 0.000000686. The molecule has 0 radical (unpaired) electrons. The predicted molar refractivity (Wildman–Crippen MR) is 79.0 cm³/mol. The number of amidine groups is 1. The third kappa shape index (κ3) is 3.20. The first-order chi connectivity index (χ1) is 8.08. The van der Waals surface area contributed by atoms with Gasteiger partial charge in [-0.1, -0.05) is 37.6 Å². The Morgan fingerprint density at radius 2 is 1.82 bits per heavy atom. The summed E-state index contributed by atoms with van der Waals surface area (Å²) in [5.41, 5.74) is 6.12. The Morgan fingerprint density at radius 3 is 2.41 bits per heavy atom. The highest BCUT2D eigenvalue weighted by molar-refractivity contribution is 9.10. The molecule has 90 valence electrons. The van der Waals surface area contributed by atoms with Crippen LogP contribution >= 0.6 is 27.5 Å². The molecule has 0 saturated heterocycles. The van der Waals surface area contributed by atoms with Crippen molar-refractivity contribution >= 4 is 44.1 Å². The molecule has 0 bridgehead atoms. The summed E-state index contributed by atoms with van der Waals surface area (Å²) in [6, 6.07) is 9.41. The molecule has 2 nitrogen and oxygen atoms in total. The van der Waals surface area contributed by atoms with Crippen LogP contribution in [0.2, 0.25) is 5.02 Å². The second-order valence-corrected chi connectivity index (χ2v) is 4.50. The lowest BCUT2D eigenvalue weighted by atomic mass is 10.1. The molecule has 0 spiro atoms. The smallest absolute Gasteiger partial charge is 0.122 e.